The normalized spacial score (nSPS) is 51.4. The Morgan fingerprint density at radius 2 is 1.87 bits per heavy atom. The van der Waals surface area contributed by atoms with Gasteiger partial charge in [0.25, 0.3) is 0 Å². The first-order valence-electron chi connectivity index (χ1n) is 12.3. The van der Waals surface area contributed by atoms with E-state index < -0.39 is 0 Å². The number of aliphatic hydroxyl groups is 2. The van der Waals surface area contributed by atoms with Gasteiger partial charge in [0.15, 0.2) is 0 Å². The summed E-state index contributed by atoms with van der Waals surface area (Å²) in [5.41, 5.74) is 6.31. The third-order valence-electron chi connectivity index (χ3n) is 10.6. The fraction of sp³-hybridized carbons (Fsp3) is 0.960. The largest absolute Gasteiger partial charge is 0.469 e. The molecule has 4 fully saturated rings. The number of nitrogens with two attached hydrogens (primary N) is 1. The number of carbonyl (C=O) groups excluding carboxylic acids is 1. The van der Waals surface area contributed by atoms with Gasteiger partial charge >= 0.3 is 5.97 Å². The third-order valence-corrected chi connectivity index (χ3v) is 10.6. The Morgan fingerprint density at radius 3 is 2.57 bits per heavy atom. The summed E-state index contributed by atoms with van der Waals surface area (Å²) in [5.74, 6) is 2.11. The van der Waals surface area contributed by atoms with Gasteiger partial charge in [-0.1, -0.05) is 20.8 Å². The molecule has 4 N–H and O–H groups in total. The number of hydrogen-bond acceptors (Lipinski definition) is 5. The smallest absolute Gasteiger partial charge is 0.305 e. The van der Waals surface area contributed by atoms with Crippen molar-refractivity contribution in [1.82, 2.24) is 0 Å². The van der Waals surface area contributed by atoms with Gasteiger partial charge in [-0.15, -0.1) is 0 Å². The molecule has 0 amide bonds. The van der Waals surface area contributed by atoms with Crippen molar-refractivity contribution in [3.05, 3.63) is 0 Å². The van der Waals surface area contributed by atoms with Gasteiger partial charge < -0.3 is 20.7 Å². The summed E-state index contributed by atoms with van der Waals surface area (Å²) in [6.45, 7) is 6.94. The minimum atomic E-state index is -0.338. The standard InChI is InChI=1S/C25H43NO4/c1-14(5-8-22(29)30-4)17-6-7-18-23-19(13-21(28)25(17,18)3)24(2)10-9-16(26)11-15(24)12-20(23)27/h14-21,23,27-28H,5-13,26H2,1-4H3/t14-,15?,16+,17-,18?,19?,20-,21+,23?,24+,25-/m1/s1. The van der Waals surface area contributed by atoms with E-state index in [1.807, 2.05) is 0 Å². The molecule has 0 saturated heterocycles. The highest BCUT2D eigenvalue weighted by atomic mass is 16.5. The SMILES string of the molecule is COC(=O)CC[C@@H](C)[C@H]1CCC2C3C(C[C@H](O)[C@@]21C)[C@@]1(C)CC[C@H](N)CC1C[C@H]3O. The Labute approximate surface area is 182 Å². The zero-order valence-corrected chi connectivity index (χ0v) is 19.3. The van der Waals surface area contributed by atoms with Crippen molar-refractivity contribution < 1.29 is 19.7 Å². The highest BCUT2D eigenvalue weighted by Crippen LogP contribution is 2.68. The van der Waals surface area contributed by atoms with Crippen LogP contribution >= 0.6 is 0 Å². The molecule has 11 atom stereocenters. The van der Waals surface area contributed by atoms with Crippen LogP contribution in [0, 0.1) is 46.3 Å². The van der Waals surface area contributed by atoms with Crippen LogP contribution in [0.15, 0.2) is 0 Å². The lowest BCUT2D eigenvalue weighted by Crippen LogP contribution is -2.62. The zero-order valence-electron chi connectivity index (χ0n) is 19.3. The Balaban J connectivity index is 1.58. The molecule has 0 radical (unpaired) electrons. The molecule has 4 rings (SSSR count). The van der Waals surface area contributed by atoms with Gasteiger partial charge in [-0.2, -0.15) is 0 Å². The van der Waals surface area contributed by atoms with E-state index >= 15 is 0 Å². The molecule has 0 spiro atoms. The zero-order chi connectivity index (χ0) is 21.8. The van der Waals surface area contributed by atoms with E-state index in [2.05, 4.69) is 20.8 Å². The second-order valence-corrected chi connectivity index (χ2v) is 11.7. The van der Waals surface area contributed by atoms with Gasteiger partial charge in [0.05, 0.1) is 19.3 Å². The molecular weight excluding hydrogens is 378 g/mol. The molecule has 0 bridgehead atoms. The summed E-state index contributed by atoms with van der Waals surface area (Å²) in [7, 11) is 1.45. The molecule has 4 unspecified atom stereocenters. The van der Waals surface area contributed by atoms with Gasteiger partial charge in [-0.3, -0.25) is 4.79 Å². The van der Waals surface area contributed by atoms with Gasteiger partial charge in [-0.05, 0) is 97.7 Å². The van der Waals surface area contributed by atoms with Crippen LogP contribution in [0.1, 0.15) is 78.6 Å². The number of hydrogen-bond donors (Lipinski definition) is 3. The predicted molar refractivity (Wildman–Crippen MR) is 116 cm³/mol. The molecule has 30 heavy (non-hydrogen) atoms. The fourth-order valence-electron chi connectivity index (χ4n) is 8.84. The highest BCUT2D eigenvalue weighted by molar-refractivity contribution is 5.69. The lowest BCUT2D eigenvalue weighted by Gasteiger charge is -2.63. The summed E-state index contributed by atoms with van der Waals surface area (Å²) >= 11 is 0. The maximum atomic E-state index is 11.7. The number of methoxy groups -OCH3 is 1. The van der Waals surface area contributed by atoms with Gasteiger partial charge in [0.2, 0.25) is 0 Å². The highest BCUT2D eigenvalue weighted by Gasteiger charge is 2.65. The van der Waals surface area contributed by atoms with Crippen molar-refractivity contribution >= 4 is 5.97 Å². The number of rotatable bonds is 4. The molecule has 0 aromatic rings. The van der Waals surface area contributed by atoms with E-state index in [0.29, 0.717) is 36.0 Å². The molecule has 4 aliphatic rings. The van der Waals surface area contributed by atoms with Crippen molar-refractivity contribution in [3.8, 4) is 0 Å². The molecule has 172 valence electrons. The molecule has 5 heteroatoms. The first kappa shape index (κ1) is 22.5. The fourth-order valence-corrected chi connectivity index (χ4v) is 8.84. The predicted octanol–water partition coefficient (Wildman–Crippen LogP) is 3.50. The molecule has 0 heterocycles. The number of ether oxygens (including phenoxy) is 1. The topological polar surface area (TPSA) is 92.8 Å². The van der Waals surface area contributed by atoms with Crippen LogP contribution in [-0.2, 0) is 9.53 Å². The maximum Gasteiger partial charge on any atom is 0.305 e. The first-order valence-corrected chi connectivity index (χ1v) is 12.3. The van der Waals surface area contributed by atoms with E-state index in [4.69, 9.17) is 10.5 Å². The van der Waals surface area contributed by atoms with Crippen molar-refractivity contribution in [2.75, 3.05) is 7.11 Å². The number of carbonyl (C=O) groups is 1. The Kier molecular flexibility index (Phi) is 6.04. The summed E-state index contributed by atoms with van der Waals surface area (Å²) in [6, 6.07) is 0.261. The average Bonchev–Trinajstić information content (AvgIpc) is 3.06. The third kappa shape index (κ3) is 3.34. The Bertz CT molecular complexity index is 655. The monoisotopic (exact) mass is 421 g/mol. The Hall–Kier alpha value is -0.650. The van der Waals surface area contributed by atoms with Crippen LogP contribution in [0.25, 0.3) is 0 Å². The van der Waals surface area contributed by atoms with Crippen LogP contribution in [0.2, 0.25) is 0 Å². The van der Waals surface area contributed by atoms with Crippen molar-refractivity contribution in [1.29, 1.82) is 0 Å². The molecule has 4 saturated carbocycles. The minimum Gasteiger partial charge on any atom is -0.469 e. The van der Waals surface area contributed by atoms with Gasteiger partial charge in [0, 0.05) is 12.5 Å². The van der Waals surface area contributed by atoms with E-state index in [1.165, 1.54) is 7.11 Å². The number of fused-ring (bicyclic) bond motifs is 5. The minimum absolute atomic E-state index is 0.150. The lowest BCUT2D eigenvalue weighted by molar-refractivity contribution is -0.202. The number of esters is 1. The summed E-state index contributed by atoms with van der Waals surface area (Å²) < 4.78 is 4.84. The van der Waals surface area contributed by atoms with E-state index in [1.54, 1.807) is 0 Å². The van der Waals surface area contributed by atoms with Crippen LogP contribution in [0.3, 0.4) is 0 Å². The molecule has 0 aromatic carbocycles. The quantitative estimate of drug-likeness (QED) is 0.604. The molecular formula is C25H43NO4. The van der Waals surface area contributed by atoms with Crippen molar-refractivity contribution in [2.24, 2.45) is 52.1 Å². The van der Waals surface area contributed by atoms with Crippen molar-refractivity contribution in [3.63, 3.8) is 0 Å². The maximum absolute atomic E-state index is 11.7. The molecule has 0 aromatic heterocycles. The van der Waals surface area contributed by atoms with Gasteiger partial charge in [-0.25, -0.2) is 0 Å². The summed E-state index contributed by atoms with van der Waals surface area (Å²) in [6.07, 6.45) is 7.69. The van der Waals surface area contributed by atoms with E-state index in [-0.39, 0.29) is 41.0 Å². The summed E-state index contributed by atoms with van der Waals surface area (Å²) in [4.78, 5) is 11.7. The van der Waals surface area contributed by atoms with Crippen LogP contribution < -0.4 is 5.73 Å². The van der Waals surface area contributed by atoms with E-state index in [9.17, 15) is 15.0 Å². The molecule has 0 aliphatic heterocycles. The number of aliphatic hydroxyl groups excluding tert-OH is 2. The van der Waals surface area contributed by atoms with Crippen molar-refractivity contribution in [2.45, 2.75) is 96.8 Å². The average molecular weight is 422 g/mol. The van der Waals surface area contributed by atoms with Crippen LogP contribution in [0.5, 0.6) is 0 Å². The lowest BCUT2D eigenvalue weighted by atomic mass is 9.43. The summed E-state index contributed by atoms with van der Waals surface area (Å²) in [5, 5.41) is 22.9. The van der Waals surface area contributed by atoms with Crippen LogP contribution in [0.4, 0.5) is 0 Å². The first-order chi connectivity index (χ1) is 14.1. The molecule has 4 aliphatic carbocycles. The molecule has 5 nitrogen and oxygen atoms in total. The Morgan fingerprint density at radius 1 is 1.13 bits per heavy atom. The van der Waals surface area contributed by atoms with Gasteiger partial charge in [0.1, 0.15) is 0 Å². The second kappa shape index (κ2) is 8.04. The van der Waals surface area contributed by atoms with Crippen LogP contribution in [-0.4, -0.2) is 41.5 Å². The van der Waals surface area contributed by atoms with E-state index in [0.717, 1.165) is 51.4 Å². The second-order valence-electron chi connectivity index (χ2n) is 11.7.